The van der Waals surface area contributed by atoms with Gasteiger partial charge in [0.05, 0.1) is 19.6 Å². The first-order chi connectivity index (χ1) is 9.76. The molecule has 4 heteroatoms. The summed E-state index contributed by atoms with van der Waals surface area (Å²) in [5, 5.41) is 0. The lowest BCUT2D eigenvalue weighted by Crippen LogP contribution is -3.00. The molecule has 0 aliphatic rings. The lowest BCUT2D eigenvalue weighted by molar-refractivity contribution is -0.941. The van der Waals surface area contributed by atoms with E-state index in [0.717, 1.165) is 0 Å². The average Bonchev–Trinajstić information content (AvgIpc) is 2.49. The van der Waals surface area contributed by atoms with Crippen molar-refractivity contribution < 1.29 is 21.5 Å². The van der Waals surface area contributed by atoms with Crippen molar-refractivity contribution in [2.75, 3.05) is 19.6 Å². The number of nitrogens with zero attached hydrogens (tertiary/aromatic N) is 1. The van der Waals surface area contributed by atoms with Gasteiger partial charge >= 0.3 is 0 Å². The first-order valence-corrected chi connectivity index (χ1v) is 8.65. The van der Waals surface area contributed by atoms with E-state index >= 15 is 0 Å². The van der Waals surface area contributed by atoms with Crippen LogP contribution in [0.15, 0.2) is 30.3 Å². The highest BCUT2D eigenvalue weighted by Crippen LogP contribution is 2.19. The third-order valence-corrected chi connectivity index (χ3v) is 4.32. The molecule has 3 N–H and O–H groups in total. The molecule has 1 aromatic carbocycles. The second kappa shape index (κ2) is 16.8. The van der Waals surface area contributed by atoms with E-state index in [1.165, 1.54) is 74.8 Å². The normalized spacial score (nSPS) is 10.2. The van der Waals surface area contributed by atoms with Gasteiger partial charge in [-0.25, -0.2) is 0 Å². The van der Waals surface area contributed by atoms with Crippen molar-refractivity contribution in [3.05, 3.63) is 35.9 Å². The number of rotatable bonds is 11. The summed E-state index contributed by atoms with van der Waals surface area (Å²) in [6, 6.07) is 11.1. The topological polar surface area (TPSA) is 35.0 Å². The van der Waals surface area contributed by atoms with Crippen molar-refractivity contribution in [1.29, 1.82) is 0 Å². The minimum absolute atomic E-state index is 0. The number of hydrogen-bond acceptors (Lipinski definition) is 1. The van der Waals surface area contributed by atoms with E-state index in [-0.39, 0.29) is 35.5 Å². The molecule has 2 nitrogen and oxygen atoms in total. The molecule has 0 spiro atoms. The van der Waals surface area contributed by atoms with Crippen molar-refractivity contribution in [3.63, 3.8) is 0 Å². The van der Waals surface area contributed by atoms with E-state index in [0.29, 0.717) is 0 Å². The van der Waals surface area contributed by atoms with E-state index < -0.39 is 0 Å². The van der Waals surface area contributed by atoms with Crippen LogP contribution in [0.25, 0.3) is 0 Å². The molecule has 138 valence electrons. The molecular formula is C19H38BrClN2. The molecule has 0 aliphatic heterocycles. The molecule has 1 rings (SSSR count). The van der Waals surface area contributed by atoms with Gasteiger partial charge in [-0.2, -0.15) is 0 Å². The molecule has 0 amide bonds. The SMILES string of the molecule is CCCC[N+](CCCC)(CCCC)Cc1ccccc1.Cl.N.[Br-]. The summed E-state index contributed by atoms with van der Waals surface area (Å²) in [6.07, 6.45) is 8.02. The Labute approximate surface area is 161 Å². The smallest absolute Gasteiger partial charge is 0.104 e. The number of hydrogen-bond donors (Lipinski definition) is 1. The van der Waals surface area contributed by atoms with Gasteiger partial charge in [-0.3, -0.25) is 0 Å². The lowest BCUT2D eigenvalue weighted by Gasteiger charge is -2.39. The highest BCUT2D eigenvalue weighted by atomic mass is 79.9. The molecule has 0 bridgehead atoms. The fourth-order valence-electron chi connectivity index (χ4n) is 3.02. The Bertz CT molecular complexity index is 325. The van der Waals surface area contributed by atoms with E-state index in [9.17, 15) is 0 Å². The van der Waals surface area contributed by atoms with Crippen LogP contribution in [0.1, 0.15) is 64.9 Å². The highest BCUT2D eigenvalue weighted by Gasteiger charge is 2.25. The zero-order valence-electron chi connectivity index (χ0n) is 15.4. The standard InChI is InChI=1S/C19H34N.BrH.ClH.H3N/c1-4-7-15-20(16-8-5-2,17-9-6-3)18-19-13-11-10-12-14-19;;;/h10-14H,4-9,15-18H2,1-3H3;2*1H;1H3/q+1;;;/p-1. The van der Waals surface area contributed by atoms with Crippen LogP contribution >= 0.6 is 12.4 Å². The van der Waals surface area contributed by atoms with Crippen LogP contribution in [0.3, 0.4) is 0 Å². The maximum absolute atomic E-state index is 2.32. The third kappa shape index (κ3) is 11.1. The van der Waals surface area contributed by atoms with E-state index in [1.54, 1.807) is 0 Å². The summed E-state index contributed by atoms with van der Waals surface area (Å²) < 4.78 is 1.31. The molecule has 0 fully saturated rings. The molecule has 0 radical (unpaired) electrons. The quantitative estimate of drug-likeness (QED) is 0.560. The molecule has 0 aromatic heterocycles. The molecule has 0 heterocycles. The lowest BCUT2D eigenvalue weighted by atomic mass is 10.1. The third-order valence-electron chi connectivity index (χ3n) is 4.32. The maximum Gasteiger partial charge on any atom is 0.104 e. The molecule has 0 aliphatic carbocycles. The zero-order valence-corrected chi connectivity index (χ0v) is 17.8. The Morgan fingerprint density at radius 3 is 1.48 bits per heavy atom. The Balaban J connectivity index is -0.00000133. The van der Waals surface area contributed by atoms with Gasteiger partial charge in [0.2, 0.25) is 0 Å². The van der Waals surface area contributed by atoms with Crippen LogP contribution in [0, 0.1) is 0 Å². The Morgan fingerprint density at radius 2 is 1.13 bits per heavy atom. The summed E-state index contributed by atoms with van der Waals surface area (Å²) in [5.74, 6) is 0. The average molecular weight is 410 g/mol. The predicted octanol–water partition coefficient (Wildman–Crippen LogP) is 2.99. The van der Waals surface area contributed by atoms with Gasteiger partial charge in [-0.05, 0) is 19.3 Å². The van der Waals surface area contributed by atoms with Crippen molar-refractivity contribution in [3.8, 4) is 0 Å². The molecule has 23 heavy (non-hydrogen) atoms. The van der Waals surface area contributed by atoms with Crippen molar-refractivity contribution >= 4 is 12.4 Å². The second-order valence-electron chi connectivity index (χ2n) is 6.22. The predicted molar refractivity (Wildman–Crippen MR) is 102 cm³/mol. The van der Waals surface area contributed by atoms with Crippen LogP contribution in [0.2, 0.25) is 0 Å². The first-order valence-electron chi connectivity index (χ1n) is 8.65. The van der Waals surface area contributed by atoms with Crippen LogP contribution in [0.5, 0.6) is 0 Å². The molecule has 0 atom stereocenters. The van der Waals surface area contributed by atoms with E-state index in [4.69, 9.17) is 0 Å². The molecule has 1 aromatic rings. The first kappa shape index (κ1) is 27.7. The summed E-state index contributed by atoms with van der Waals surface area (Å²) >= 11 is 0. The fraction of sp³-hybridized carbons (Fsp3) is 0.684. The Morgan fingerprint density at radius 1 is 0.739 bits per heavy atom. The maximum atomic E-state index is 2.32. The molecular weight excluding hydrogens is 372 g/mol. The van der Waals surface area contributed by atoms with Gasteiger partial charge in [-0.15, -0.1) is 12.4 Å². The van der Waals surface area contributed by atoms with Gasteiger partial charge in [0.15, 0.2) is 0 Å². The van der Waals surface area contributed by atoms with Gasteiger partial charge in [0.25, 0.3) is 0 Å². The number of unbranched alkanes of at least 4 members (excludes halogenated alkanes) is 3. The monoisotopic (exact) mass is 408 g/mol. The van der Waals surface area contributed by atoms with Crippen LogP contribution in [-0.2, 0) is 6.54 Å². The minimum Gasteiger partial charge on any atom is -1.00 e. The summed E-state index contributed by atoms with van der Waals surface area (Å²) in [4.78, 5) is 0. The van der Waals surface area contributed by atoms with Crippen molar-refractivity contribution in [2.45, 2.75) is 65.8 Å². The molecule has 0 unspecified atom stereocenters. The van der Waals surface area contributed by atoms with Crippen molar-refractivity contribution in [1.82, 2.24) is 6.15 Å². The van der Waals surface area contributed by atoms with Crippen LogP contribution < -0.4 is 23.1 Å². The summed E-state index contributed by atoms with van der Waals surface area (Å²) in [6.45, 7) is 12.2. The summed E-state index contributed by atoms with van der Waals surface area (Å²) in [7, 11) is 0. The zero-order chi connectivity index (χ0) is 14.7. The largest absolute Gasteiger partial charge is 1.00 e. The number of benzene rings is 1. The highest BCUT2D eigenvalue weighted by molar-refractivity contribution is 5.85. The number of quaternary nitrogens is 1. The molecule has 0 saturated carbocycles. The van der Waals surface area contributed by atoms with Crippen LogP contribution in [0.4, 0.5) is 0 Å². The molecule has 0 saturated heterocycles. The number of halogens is 2. The Kier molecular flexibility index (Phi) is 20.2. The Hall–Kier alpha value is -0.0900. The second-order valence-corrected chi connectivity index (χ2v) is 6.22. The van der Waals surface area contributed by atoms with E-state index in [1.807, 2.05) is 0 Å². The minimum atomic E-state index is 0. The van der Waals surface area contributed by atoms with Gasteiger partial charge < -0.3 is 27.6 Å². The summed E-state index contributed by atoms with van der Waals surface area (Å²) in [5.41, 5.74) is 1.51. The fourth-order valence-corrected chi connectivity index (χ4v) is 3.02. The van der Waals surface area contributed by atoms with Gasteiger partial charge in [-0.1, -0.05) is 70.4 Å². The van der Waals surface area contributed by atoms with Gasteiger partial charge in [0.1, 0.15) is 6.54 Å². The van der Waals surface area contributed by atoms with Gasteiger partial charge in [0, 0.05) is 5.56 Å². The van der Waals surface area contributed by atoms with E-state index in [2.05, 4.69) is 51.1 Å². The van der Waals surface area contributed by atoms with Crippen LogP contribution in [-0.4, -0.2) is 24.1 Å². The van der Waals surface area contributed by atoms with Crippen molar-refractivity contribution in [2.24, 2.45) is 0 Å².